The Morgan fingerprint density at radius 2 is 1.88 bits per heavy atom. The average Bonchev–Trinajstić information content (AvgIpc) is 3.00. The van der Waals surface area contributed by atoms with Crippen LogP contribution in [-0.4, -0.2) is 69.3 Å². The summed E-state index contributed by atoms with van der Waals surface area (Å²) < 4.78 is 34.9. The van der Waals surface area contributed by atoms with E-state index in [1.54, 1.807) is 0 Å². The summed E-state index contributed by atoms with van der Waals surface area (Å²) >= 11 is 0. The SMILES string of the molecule is CS(=O)(=O)N1CCN(CC(=O)NCc2ccc3c(c2)OCO3)CC1. The third-order valence-electron chi connectivity index (χ3n) is 4.09. The molecule has 0 bridgehead atoms. The molecule has 9 heteroatoms. The van der Waals surface area contributed by atoms with Crippen molar-refractivity contribution in [1.29, 1.82) is 0 Å². The minimum Gasteiger partial charge on any atom is -0.454 e. The van der Waals surface area contributed by atoms with Gasteiger partial charge in [-0.15, -0.1) is 0 Å². The fraction of sp³-hybridized carbons (Fsp3) is 0.533. The number of amides is 1. The van der Waals surface area contributed by atoms with Crippen LogP contribution in [0.4, 0.5) is 0 Å². The fourth-order valence-corrected chi connectivity index (χ4v) is 3.56. The number of benzene rings is 1. The molecular formula is C15H21N3O5S. The van der Waals surface area contributed by atoms with Crippen LogP contribution < -0.4 is 14.8 Å². The highest BCUT2D eigenvalue weighted by atomic mass is 32.2. The molecule has 24 heavy (non-hydrogen) atoms. The number of carbonyl (C=O) groups excluding carboxylic acids is 1. The largest absolute Gasteiger partial charge is 0.454 e. The lowest BCUT2D eigenvalue weighted by molar-refractivity contribution is -0.122. The molecule has 0 atom stereocenters. The van der Waals surface area contributed by atoms with Crippen molar-refractivity contribution in [3.05, 3.63) is 23.8 Å². The van der Waals surface area contributed by atoms with E-state index in [2.05, 4.69) is 5.32 Å². The first-order valence-corrected chi connectivity index (χ1v) is 9.59. The van der Waals surface area contributed by atoms with Crippen LogP contribution in [0.25, 0.3) is 0 Å². The van der Waals surface area contributed by atoms with Crippen LogP contribution >= 0.6 is 0 Å². The maximum Gasteiger partial charge on any atom is 0.234 e. The fourth-order valence-electron chi connectivity index (χ4n) is 2.73. The van der Waals surface area contributed by atoms with E-state index in [1.165, 1.54) is 10.6 Å². The van der Waals surface area contributed by atoms with Crippen molar-refractivity contribution in [2.75, 3.05) is 45.8 Å². The summed E-state index contributed by atoms with van der Waals surface area (Å²) in [6, 6.07) is 5.57. The second-order valence-electron chi connectivity index (χ2n) is 5.90. The molecule has 2 aliphatic heterocycles. The molecule has 0 saturated carbocycles. The average molecular weight is 355 g/mol. The number of nitrogens with one attached hydrogen (secondary N) is 1. The van der Waals surface area contributed by atoms with Crippen LogP contribution in [-0.2, 0) is 21.4 Å². The standard InChI is InChI=1S/C15H21N3O5S/c1-24(20,21)18-6-4-17(5-7-18)10-15(19)16-9-12-2-3-13-14(8-12)23-11-22-13/h2-3,8H,4-7,9-11H2,1H3,(H,16,19). The normalized spacial score (nSPS) is 18.5. The number of piperazine rings is 1. The van der Waals surface area contributed by atoms with Gasteiger partial charge in [0, 0.05) is 32.7 Å². The van der Waals surface area contributed by atoms with E-state index < -0.39 is 10.0 Å². The van der Waals surface area contributed by atoms with Gasteiger partial charge in [0.2, 0.25) is 22.7 Å². The van der Waals surface area contributed by atoms with Crippen molar-refractivity contribution in [1.82, 2.24) is 14.5 Å². The Morgan fingerprint density at radius 3 is 2.58 bits per heavy atom. The van der Waals surface area contributed by atoms with Gasteiger partial charge in [-0.1, -0.05) is 6.07 Å². The Balaban J connectivity index is 1.43. The lowest BCUT2D eigenvalue weighted by atomic mass is 10.2. The lowest BCUT2D eigenvalue weighted by Crippen LogP contribution is -2.50. The van der Waals surface area contributed by atoms with Crippen LogP contribution in [0.3, 0.4) is 0 Å². The van der Waals surface area contributed by atoms with Gasteiger partial charge in [0.25, 0.3) is 0 Å². The summed E-state index contributed by atoms with van der Waals surface area (Å²) in [6.45, 7) is 2.88. The van der Waals surface area contributed by atoms with Gasteiger partial charge in [-0.05, 0) is 17.7 Å². The van der Waals surface area contributed by atoms with Gasteiger partial charge in [-0.2, -0.15) is 4.31 Å². The number of sulfonamides is 1. The number of rotatable bonds is 5. The Labute approximate surface area is 141 Å². The van der Waals surface area contributed by atoms with Gasteiger partial charge in [0.1, 0.15) is 0 Å². The molecule has 0 aliphatic carbocycles. The quantitative estimate of drug-likeness (QED) is 0.774. The molecule has 0 unspecified atom stereocenters. The van der Waals surface area contributed by atoms with E-state index in [1.807, 2.05) is 23.1 Å². The minimum atomic E-state index is -3.15. The Morgan fingerprint density at radius 1 is 1.17 bits per heavy atom. The second kappa shape index (κ2) is 6.96. The first-order valence-electron chi connectivity index (χ1n) is 7.74. The molecule has 1 N–H and O–H groups in total. The summed E-state index contributed by atoms with van der Waals surface area (Å²) in [5, 5.41) is 2.87. The zero-order chi connectivity index (χ0) is 17.2. The van der Waals surface area contributed by atoms with Gasteiger partial charge in [0.05, 0.1) is 12.8 Å². The molecule has 2 aliphatic rings. The van der Waals surface area contributed by atoms with Crippen LogP contribution in [0.1, 0.15) is 5.56 Å². The number of hydrogen-bond donors (Lipinski definition) is 1. The van der Waals surface area contributed by atoms with Crippen LogP contribution in [0.2, 0.25) is 0 Å². The lowest BCUT2D eigenvalue weighted by Gasteiger charge is -2.32. The molecule has 2 heterocycles. The third kappa shape index (κ3) is 4.16. The Hall–Kier alpha value is -1.84. The van der Waals surface area contributed by atoms with Crippen LogP contribution in [0.15, 0.2) is 18.2 Å². The molecule has 0 aromatic heterocycles. The van der Waals surface area contributed by atoms with Gasteiger partial charge in [-0.3, -0.25) is 9.69 Å². The predicted octanol–water partition coefficient (Wildman–Crippen LogP) is -0.391. The van der Waals surface area contributed by atoms with Gasteiger partial charge in [-0.25, -0.2) is 8.42 Å². The first kappa shape index (κ1) is 17.0. The monoisotopic (exact) mass is 355 g/mol. The van der Waals surface area contributed by atoms with E-state index >= 15 is 0 Å². The zero-order valence-corrected chi connectivity index (χ0v) is 14.3. The summed E-state index contributed by atoms with van der Waals surface area (Å²) in [5.41, 5.74) is 0.939. The van der Waals surface area contributed by atoms with Gasteiger partial charge in [0.15, 0.2) is 11.5 Å². The number of carbonyl (C=O) groups is 1. The third-order valence-corrected chi connectivity index (χ3v) is 5.40. The van der Waals surface area contributed by atoms with E-state index in [-0.39, 0.29) is 19.2 Å². The highest BCUT2D eigenvalue weighted by Gasteiger charge is 2.24. The molecule has 132 valence electrons. The highest BCUT2D eigenvalue weighted by Crippen LogP contribution is 2.32. The molecule has 1 aromatic rings. The molecule has 0 radical (unpaired) electrons. The van der Waals surface area contributed by atoms with Crippen LogP contribution in [0, 0.1) is 0 Å². The van der Waals surface area contributed by atoms with Crippen molar-refractivity contribution in [2.45, 2.75) is 6.54 Å². The van der Waals surface area contributed by atoms with Crippen molar-refractivity contribution < 1.29 is 22.7 Å². The molecule has 1 fully saturated rings. The summed E-state index contributed by atoms with van der Waals surface area (Å²) in [4.78, 5) is 14.0. The van der Waals surface area contributed by atoms with Gasteiger partial charge >= 0.3 is 0 Å². The van der Waals surface area contributed by atoms with E-state index in [0.717, 1.165) is 5.56 Å². The molecular weight excluding hydrogens is 334 g/mol. The van der Waals surface area contributed by atoms with E-state index in [9.17, 15) is 13.2 Å². The maximum absolute atomic E-state index is 12.1. The first-order chi connectivity index (χ1) is 11.4. The van der Waals surface area contributed by atoms with Crippen molar-refractivity contribution >= 4 is 15.9 Å². The number of fused-ring (bicyclic) bond motifs is 1. The van der Waals surface area contributed by atoms with E-state index in [0.29, 0.717) is 44.2 Å². The van der Waals surface area contributed by atoms with Crippen molar-refractivity contribution in [3.63, 3.8) is 0 Å². The van der Waals surface area contributed by atoms with Crippen LogP contribution in [0.5, 0.6) is 11.5 Å². The topological polar surface area (TPSA) is 88.2 Å². The maximum atomic E-state index is 12.1. The number of ether oxygens (including phenoxy) is 2. The molecule has 1 saturated heterocycles. The number of nitrogens with zero attached hydrogens (tertiary/aromatic N) is 2. The minimum absolute atomic E-state index is 0.0829. The second-order valence-corrected chi connectivity index (χ2v) is 7.88. The van der Waals surface area contributed by atoms with Crippen molar-refractivity contribution in [3.8, 4) is 11.5 Å². The summed E-state index contributed by atoms with van der Waals surface area (Å²) in [5.74, 6) is 1.33. The number of hydrogen-bond acceptors (Lipinski definition) is 6. The van der Waals surface area contributed by atoms with E-state index in [4.69, 9.17) is 9.47 Å². The predicted molar refractivity (Wildman–Crippen MR) is 87.3 cm³/mol. The summed E-state index contributed by atoms with van der Waals surface area (Å²) in [6.07, 6.45) is 1.21. The van der Waals surface area contributed by atoms with Gasteiger partial charge < -0.3 is 14.8 Å². The highest BCUT2D eigenvalue weighted by molar-refractivity contribution is 7.88. The molecule has 1 aromatic carbocycles. The zero-order valence-electron chi connectivity index (χ0n) is 13.5. The molecule has 0 spiro atoms. The molecule has 3 rings (SSSR count). The Bertz CT molecular complexity index is 714. The Kier molecular flexibility index (Phi) is 4.93. The summed E-state index contributed by atoms with van der Waals surface area (Å²) in [7, 11) is -3.15. The van der Waals surface area contributed by atoms with Crippen molar-refractivity contribution in [2.24, 2.45) is 0 Å². The molecule has 8 nitrogen and oxygen atoms in total. The molecule has 1 amide bonds. The smallest absolute Gasteiger partial charge is 0.234 e.